The van der Waals surface area contributed by atoms with Crippen molar-refractivity contribution in [3.63, 3.8) is 0 Å². The summed E-state index contributed by atoms with van der Waals surface area (Å²) in [6.07, 6.45) is 3.22. The molecule has 1 spiro atoms. The number of amides is 3. The molecule has 7 heteroatoms. The van der Waals surface area contributed by atoms with Gasteiger partial charge < -0.3 is 15.1 Å². The van der Waals surface area contributed by atoms with E-state index in [1.54, 1.807) is 16.8 Å². The van der Waals surface area contributed by atoms with Gasteiger partial charge in [-0.1, -0.05) is 15.9 Å². The van der Waals surface area contributed by atoms with Crippen LogP contribution in [-0.2, 0) is 15.0 Å². The zero-order chi connectivity index (χ0) is 18.5. The maximum absolute atomic E-state index is 12.8. The van der Waals surface area contributed by atoms with Crippen molar-refractivity contribution >= 4 is 33.7 Å². The van der Waals surface area contributed by atoms with Crippen molar-refractivity contribution in [3.05, 3.63) is 33.8 Å². The number of carbonyl (C=O) groups excluding carboxylic acids is 3. The van der Waals surface area contributed by atoms with E-state index < -0.39 is 0 Å². The summed E-state index contributed by atoms with van der Waals surface area (Å²) < 4.78 is 0.984. The van der Waals surface area contributed by atoms with Crippen LogP contribution in [0.1, 0.15) is 41.6 Å². The summed E-state index contributed by atoms with van der Waals surface area (Å²) >= 11 is 3.49. The summed E-state index contributed by atoms with van der Waals surface area (Å²) in [5.41, 5.74) is 1.85. The molecule has 3 amide bonds. The monoisotopic (exact) mass is 419 g/mol. The van der Waals surface area contributed by atoms with Crippen molar-refractivity contribution in [2.75, 3.05) is 26.7 Å². The van der Waals surface area contributed by atoms with Crippen LogP contribution in [0.5, 0.6) is 0 Å². The van der Waals surface area contributed by atoms with E-state index in [-0.39, 0.29) is 35.7 Å². The first-order valence-electron chi connectivity index (χ1n) is 9.01. The quantitative estimate of drug-likeness (QED) is 0.809. The average Bonchev–Trinajstić information content (AvgIpc) is 3.36. The first-order chi connectivity index (χ1) is 12.4. The average molecular weight is 420 g/mol. The molecular formula is C19H22BrN3O3. The molecule has 0 radical (unpaired) electrons. The number of piperidine rings is 1. The molecule has 2 aliphatic heterocycles. The molecule has 1 atom stereocenters. The zero-order valence-corrected chi connectivity index (χ0v) is 16.3. The summed E-state index contributed by atoms with van der Waals surface area (Å²) in [5.74, 6) is -0.112. The van der Waals surface area contributed by atoms with Crippen molar-refractivity contribution in [1.82, 2.24) is 15.1 Å². The van der Waals surface area contributed by atoms with Gasteiger partial charge in [0.2, 0.25) is 11.8 Å². The van der Waals surface area contributed by atoms with Crippen LogP contribution in [0.25, 0.3) is 0 Å². The van der Waals surface area contributed by atoms with Crippen molar-refractivity contribution in [2.24, 2.45) is 0 Å². The van der Waals surface area contributed by atoms with Crippen molar-refractivity contribution in [1.29, 1.82) is 0 Å². The number of fused-ring (bicyclic) bond motifs is 2. The van der Waals surface area contributed by atoms with Crippen LogP contribution in [-0.4, -0.2) is 60.2 Å². The number of benzene rings is 1. The van der Waals surface area contributed by atoms with Crippen LogP contribution in [0.3, 0.4) is 0 Å². The van der Waals surface area contributed by atoms with Crippen molar-refractivity contribution < 1.29 is 14.4 Å². The van der Waals surface area contributed by atoms with E-state index in [2.05, 4.69) is 21.2 Å². The predicted molar refractivity (Wildman–Crippen MR) is 99.8 cm³/mol. The van der Waals surface area contributed by atoms with Crippen molar-refractivity contribution in [2.45, 2.75) is 37.1 Å². The van der Waals surface area contributed by atoms with E-state index >= 15 is 0 Å². The molecule has 1 saturated carbocycles. The van der Waals surface area contributed by atoms with Gasteiger partial charge in [0, 0.05) is 48.1 Å². The van der Waals surface area contributed by atoms with Crippen LogP contribution < -0.4 is 5.32 Å². The summed E-state index contributed by atoms with van der Waals surface area (Å²) in [7, 11) is 1.75. The van der Waals surface area contributed by atoms with Crippen LogP contribution in [0.4, 0.5) is 0 Å². The Hall–Kier alpha value is -1.89. The highest BCUT2D eigenvalue weighted by Crippen LogP contribution is 2.52. The van der Waals surface area contributed by atoms with Crippen LogP contribution in [0.2, 0.25) is 0 Å². The van der Waals surface area contributed by atoms with Gasteiger partial charge in [0.15, 0.2) is 0 Å². The van der Waals surface area contributed by atoms with E-state index in [9.17, 15) is 14.4 Å². The van der Waals surface area contributed by atoms with E-state index in [1.165, 1.54) is 0 Å². The maximum atomic E-state index is 12.8. The Labute approximate surface area is 161 Å². The molecule has 1 N–H and O–H groups in total. The SMILES string of the molecule is CN1CC(NC(=O)CN2CC3(CC3)c3cc(Br)ccc3C2=O)CCC1=O. The van der Waals surface area contributed by atoms with E-state index in [4.69, 9.17) is 0 Å². The number of hydrogen-bond acceptors (Lipinski definition) is 3. The molecule has 0 aromatic heterocycles. The maximum Gasteiger partial charge on any atom is 0.254 e. The Kier molecular flexibility index (Phi) is 4.29. The molecule has 3 aliphatic rings. The first-order valence-corrected chi connectivity index (χ1v) is 9.80. The molecular weight excluding hydrogens is 398 g/mol. The highest BCUT2D eigenvalue weighted by atomic mass is 79.9. The minimum atomic E-state index is -0.150. The third-order valence-electron chi connectivity index (χ3n) is 5.74. The highest BCUT2D eigenvalue weighted by molar-refractivity contribution is 9.10. The summed E-state index contributed by atoms with van der Waals surface area (Å²) in [5, 5.41) is 2.98. The van der Waals surface area contributed by atoms with Gasteiger partial charge in [-0.25, -0.2) is 0 Å². The van der Waals surface area contributed by atoms with Gasteiger partial charge in [-0.2, -0.15) is 0 Å². The largest absolute Gasteiger partial charge is 0.350 e. The number of likely N-dealkylation sites (N-methyl/N-ethyl adjacent to an activating group) is 1. The van der Waals surface area contributed by atoms with Gasteiger partial charge >= 0.3 is 0 Å². The molecule has 2 fully saturated rings. The molecule has 1 aromatic carbocycles. The number of nitrogens with zero attached hydrogens (tertiary/aromatic N) is 2. The van der Waals surface area contributed by atoms with Gasteiger partial charge in [-0.15, -0.1) is 0 Å². The number of likely N-dealkylation sites (tertiary alicyclic amines) is 1. The lowest BCUT2D eigenvalue weighted by atomic mass is 9.86. The molecule has 1 unspecified atom stereocenters. The fourth-order valence-electron chi connectivity index (χ4n) is 4.12. The number of rotatable bonds is 3. The zero-order valence-electron chi connectivity index (χ0n) is 14.8. The Morgan fingerprint density at radius 1 is 1.35 bits per heavy atom. The molecule has 0 bridgehead atoms. The van der Waals surface area contributed by atoms with E-state index in [0.29, 0.717) is 31.5 Å². The van der Waals surface area contributed by atoms with Gasteiger partial charge in [-0.05, 0) is 43.0 Å². The van der Waals surface area contributed by atoms with Crippen molar-refractivity contribution in [3.8, 4) is 0 Å². The second-order valence-electron chi connectivity index (χ2n) is 7.71. The molecule has 6 nitrogen and oxygen atoms in total. The third kappa shape index (κ3) is 3.13. The second-order valence-corrected chi connectivity index (χ2v) is 8.62. The molecule has 2 heterocycles. The molecule has 26 heavy (non-hydrogen) atoms. The fourth-order valence-corrected chi connectivity index (χ4v) is 4.48. The minimum absolute atomic E-state index is 0.0186. The highest BCUT2D eigenvalue weighted by Gasteiger charge is 2.51. The lowest BCUT2D eigenvalue weighted by molar-refractivity contribution is -0.134. The summed E-state index contributed by atoms with van der Waals surface area (Å²) in [6.45, 7) is 1.20. The summed E-state index contributed by atoms with van der Waals surface area (Å²) in [4.78, 5) is 40.2. The Morgan fingerprint density at radius 2 is 2.12 bits per heavy atom. The smallest absolute Gasteiger partial charge is 0.254 e. The van der Waals surface area contributed by atoms with E-state index in [0.717, 1.165) is 22.9 Å². The van der Waals surface area contributed by atoms with E-state index in [1.807, 2.05) is 18.2 Å². The molecule has 1 aromatic rings. The summed E-state index contributed by atoms with van der Waals surface area (Å²) in [6, 6.07) is 5.74. The lowest BCUT2D eigenvalue weighted by Gasteiger charge is -2.35. The van der Waals surface area contributed by atoms with Crippen LogP contribution in [0.15, 0.2) is 22.7 Å². The van der Waals surface area contributed by atoms with Gasteiger partial charge in [-0.3, -0.25) is 14.4 Å². The second kappa shape index (κ2) is 6.37. The molecule has 4 rings (SSSR count). The fraction of sp³-hybridized carbons (Fsp3) is 0.526. The Bertz CT molecular complexity index is 790. The topological polar surface area (TPSA) is 69.7 Å². The molecule has 138 valence electrons. The normalized spacial score (nSPS) is 23.8. The van der Waals surface area contributed by atoms with Gasteiger partial charge in [0.1, 0.15) is 0 Å². The Morgan fingerprint density at radius 3 is 2.81 bits per heavy atom. The number of hydrogen-bond donors (Lipinski definition) is 1. The predicted octanol–water partition coefficient (Wildman–Crippen LogP) is 1.67. The third-order valence-corrected chi connectivity index (χ3v) is 6.24. The minimum Gasteiger partial charge on any atom is -0.350 e. The first kappa shape index (κ1) is 17.5. The van der Waals surface area contributed by atoms with Gasteiger partial charge in [0.25, 0.3) is 5.91 Å². The van der Waals surface area contributed by atoms with Crippen LogP contribution in [0, 0.1) is 0 Å². The molecule has 1 saturated heterocycles. The van der Waals surface area contributed by atoms with Gasteiger partial charge in [0.05, 0.1) is 6.54 Å². The number of halogens is 1. The Balaban J connectivity index is 1.44. The standard InChI is InChI=1S/C19H22BrN3O3/c1-22-9-13(3-5-17(22)25)21-16(24)10-23-11-19(6-7-19)15-8-12(20)2-4-14(15)18(23)26/h2,4,8,13H,3,5-7,9-11H2,1H3,(H,21,24). The molecule has 1 aliphatic carbocycles. The number of nitrogens with one attached hydrogen (secondary N) is 1. The number of carbonyl (C=O) groups is 3. The van der Waals surface area contributed by atoms with Crippen LogP contribution >= 0.6 is 15.9 Å². The lowest BCUT2D eigenvalue weighted by Crippen LogP contribution is -2.52.